The van der Waals surface area contributed by atoms with Crippen LogP contribution in [0.1, 0.15) is 70.9 Å². The molecule has 1 aromatic carbocycles. The second-order valence-corrected chi connectivity index (χ2v) is 7.67. The molecular formula is C19H31NS. The van der Waals surface area contributed by atoms with Gasteiger partial charge in [0.05, 0.1) is 0 Å². The fourth-order valence-corrected chi connectivity index (χ4v) is 4.73. The minimum absolute atomic E-state index is 0.460. The molecule has 0 aromatic heterocycles. The van der Waals surface area contributed by atoms with Gasteiger partial charge in [-0.1, -0.05) is 45.2 Å². The van der Waals surface area contributed by atoms with Crippen molar-refractivity contribution in [2.75, 3.05) is 6.54 Å². The number of rotatable bonds is 7. The fourth-order valence-electron chi connectivity index (χ4n) is 3.28. The standard InChI is InChI=1S/C19H31NS/c1-4-14-20-15(3)17-10-12-18(13-11-17)21-19-9-7-6-8-16(19)5-2/h10-13,15-16,19-20H,4-9,14H2,1-3H3. The minimum atomic E-state index is 0.460. The van der Waals surface area contributed by atoms with E-state index < -0.39 is 0 Å². The van der Waals surface area contributed by atoms with Gasteiger partial charge < -0.3 is 5.32 Å². The Morgan fingerprint density at radius 3 is 2.52 bits per heavy atom. The number of thioether (sulfide) groups is 1. The smallest absolute Gasteiger partial charge is 0.0291 e. The first-order valence-corrected chi connectivity index (χ1v) is 9.62. The zero-order valence-electron chi connectivity index (χ0n) is 13.9. The Hall–Kier alpha value is -0.470. The van der Waals surface area contributed by atoms with Gasteiger partial charge in [-0.15, -0.1) is 11.8 Å². The third-order valence-corrected chi connectivity index (χ3v) is 6.20. The average molecular weight is 306 g/mol. The van der Waals surface area contributed by atoms with Crippen LogP contribution in [0.2, 0.25) is 0 Å². The van der Waals surface area contributed by atoms with Crippen LogP contribution in [0.3, 0.4) is 0 Å². The van der Waals surface area contributed by atoms with E-state index in [2.05, 4.69) is 62.1 Å². The summed E-state index contributed by atoms with van der Waals surface area (Å²) in [5.41, 5.74) is 1.41. The third-order valence-electron chi connectivity index (χ3n) is 4.73. The van der Waals surface area contributed by atoms with Crippen molar-refractivity contribution in [1.29, 1.82) is 0 Å². The van der Waals surface area contributed by atoms with Crippen LogP contribution in [0.5, 0.6) is 0 Å². The Labute approximate surface area is 135 Å². The second-order valence-electron chi connectivity index (χ2n) is 6.35. The van der Waals surface area contributed by atoms with Gasteiger partial charge in [0.15, 0.2) is 0 Å². The minimum Gasteiger partial charge on any atom is -0.310 e. The van der Waals surface area contributed by atoms with Gasteiger partial charge in [0.2, 0.25) is 0 Å². The summed E-state index contributed by atoms with van der Waals surface area (Å²) in [5.74, 6) is 0.925. The van der Waals surface area contributed by atoms with E-state index in [-0.39, 0.29) is 0 Å². The van der Waals surface area contributed by atoms with E-state index in [1.165, 1.54) is 49.0 Å². The summed E-state index contributed by atoms with van der Waals surface area (Å²) in [6.07, 6.45) is 8.23. The highest BCUT2D eigenvalue weighted by Crippen LogP contribution is 2.39. The largest absolute Gasteiger partial charge is 0.310 e. The molecule has 118 valence electrons. The van der Waals surface area contributed by atoms with Crippen molar-refractivity contribution in [3.05, 3.63) is 29.8 Å². The molecule has 2 rings (SSSR count). The normalized spacial score (nSPS) is 24.0. The van der Waals surface area contributed by atoms with Crippen LogP contribution < -0.4 is 5.32 Å². The van der Waals surface area contributed by atoms with Gasteiger partial charge in [-0.05, 0) is 56.3 Å². The van der Waals surface area contributed by atoms with Gasteiger partial charge in [-0.3, -0.25) is 0 Å². The molecular weight excluding hydrogens is 274 g/mol. The van der Waals surface area contributed by atoms with Gasteiger partial charge in [0, 0.05) is 16.2 Å². The maximum absolute atomic E-state index is 3.56. The van der Waals surface area contributed by atoms with E-state index in [4.69, 9.17) is 0 Å². The molecule has 0 radical (unpaired) electrons. The fraction of sp³-hybridized carbons (Fsp3) is 0.684. The third kappa shape index (κ3) is 5.03. The summed E-state index contributed by atoms with van der Waals surface area (Å²) >= 11 is 2.12. The molecule has 1 aliphatic rings. The van der Waals surface area contributed by atoms with Crippen LogP contribution in [0.15, 0.2) is 29.2 Å². The number of benzene rings is 1. The second kappa shape index (κ2) is 8.85. The van der Waals surface area contributed by atoms with E-state index in [1.807, 2.05) is 0 Å². The number of hydrogen-bond donors (Lipinski definition) is 1. The van der Waals surface area contributed by atoms with Gasteiger partial charge in [-0.25, -0.2) is 0 Å². The molecule has 1 N–H and O–H groups in total. The lowest BCUT2D eigenvalue weighted by molar-refractivity contribution is 0.361. The van der Waals surface area contributed by atoms with Crippen LogP contribution in [-0.2, 0) is 0 Å². The lowest BCUT2D eigenvalue weighted by atomic mass is 9.87. The summed E-state index contributed by atoms with van der Waals surface area (Å²) in [6, 6.07) is 9.72. The predicted molar refractivity (Wildman–Crippen MR) is 95.0 cm³/mol. The lowest BCUT2D eigenvalue weighted by Gasteiger charge is -2.30. The van der Waals surface area contributed by atoms with Crippen molar-refractivity contribution < 1.29 is 0 Å². The molecule has 2 heteroatoms. The molecule has 21 heavy (non-hydrogen) atoms. The maximum Gasteiger partial charge on any atom is 0.0291 e. The molecule has 1 nitrogen and oxygen atoms in total. The maximum atomic E-state index is 3.56. The Balaban J connectivity index is 1.92. The van der Waals surface area contributed by atoms with Crippen molar-refractivity contribution in [3.63, 3.8) is 0 Å². The van der Waals surface area contributed by atoms with Crippen LogP contribution in [0, 0.1) is 5.92 Å². The zero-order chi connectivity index (χ0) is 15.1. The first kappa shape index (κ1) is 16.9. The molecule has 0 amide bonds. The van der Waals surface area contributed by atoms with Crippen LogP contribution in [0.4, 0.5) is 0 Å². The summed E-state index contributed by atoms with van der Waals surface area (Å²) in [5, 5.41) is 4.40. The Kier molecular flexibility index (Phi) is 7.12. The number of nitrogens with one attached hydrogen (secondary N) is 1. The number of hydrogen-bond acceptors (Lipinski definition) is 2. The molecule has 3 unspecified atom stereocenters. The van der Waals surface area contributed by atoms with Crippen molar-refractivity contribution in [3.8, 4) is 0 Å². The van der Waals surface area contributed by atoms with E-state index in [0.717, 1.165) is 17.7 Å². The summed E-state index contributed by atoms with van der Waals surface area (Å²) in [7, 11) is 0. The molecule has 0 spiro atoms. The van der Waals surface area contributed by atoms with E-state index >= 15 is 0 Å². The van der Waals surface area contributed by atoms with Crippen LogP contribution in [-0.4, -0.2) is 11.8 Å². The van der Waals surface area contributed by atoms with Crippen molar-refractivity contribution in [2.24, 2.45) is 5.92 Å². The average Bonchev–Trinajstić information content (AvgIpc) is 2.54. The summed E-state index contributed by atoms with van der Waals surface area (Å²) in [4.78, 5) is 1.45. The molecule has 0 saturated heterocycles. The van der Waals surface area contributed by atoms with Gasteiger partial charge >= 0.3 is 0 Å². The highest BCUT2D eigenvalue weighted by Gasteiger charge is 2.24. The lowest BCUT2D eigenvalue weighted by Crippen LogP contribution is -2.21. The van der Waals surface area contributed by atoms with Gasteiger partial charge in [-0.2, -0.15) is 0 Å². The van der Waals surface area contributed by atoms with Crippen molar-refractivity contribution in [1.82, 2.24) is 5.32 Å². The molecule has 3 atom stereocenters. The topological polar surface area (TPSA) is 12.0 Å². The molecule has 0 bridgehead atoms. The monoisotopic (exact) mass is 305 g/mol. The summed E-state index contributed by atoms with van der Waals surface area (Å²) in [6.45, 7) is 7.92. The highest BCUT2D eigenvalue weighted by atomic mass is 32.2. The van der Waals surface area contributed by atoms with E-state index in [9.17, 15) is 0 Å². The quantitative estimate of drug-likeness (QED) is 0.682. The van der Waals surface area contributed by atoms with Gasteiger partial charge in [0.25, 0.3) is 0 Å². The predicted octanol–water partition coefficient (Wildman–Crippen LogP) is 5.81. The molecule has 0 heterocycles. The van der Waals surface area contributed by atoms with Crippen LogP contribution >= 0.6 is 11.8 Å². The van der Waals surface area contributed by atoms with Crippen molar-refractivity contribution >= 4 is 11.8 Å². The SMILES string of the molecule is CCCNC(C)c1ccc(SC2CCCCC2CC)cc1. The van der Waals surface area contributed by atoms with Crippen LogP contribution in [0.25, 0.3) is 0 Å². The molecule has 1 aliphatic carbocycles. The van der Waals surface area contributed by atoms with E-state index in [1.54, 1.807) is 0 Å². The molecule has 0 aliphatic heterocycles. The first-order chi connectivity index (χ1) is 10.2. The first-order valence-electron chi connectivity index (χ1n) is 8.74. The molecule has 1 fully saturated rings. The molecule has 1 aromatic rings. The van der Waals surface area contributed by atoms with E-state index in [0.29, 0.717) is 6.04 Å². The Morgan fingerprint density at radius 1 is 1.14 bits per heavy atom. The summed E-state index contributed by atoms with van der Waals surface area (Å²) < 4.78 is 0. The highest BCUT2D eigenvalue weighted by molar-refractivity contribution is 8.00. The van der Waals surface area contributed by atoms with Crippen molar-refractivity contribution in [2.45, 2.75) is 75.5 Å². The Morgan fingerprint density at radius 2 is 1.86 bits per heavy atom. The van der Waals surface area contributed by atoms with Gasteiger partial charge in [0.1, 0.15) is 0 Å². The Bertz CT molecular complexity index is 401. The molecule has 1 saturated carbocycles. The zero-order valence-corrected chi connectivity index (χ0v) is 14.7.